The van der Waals surface area contributed by atoms with Crippen molar-refractivity contribution in [3.8, 4) is 0 Å². The Morgan fingerprint density at radius 2 is 2.00 bits per heavy atom. The van der Waals surface area contributed by atoms with Gasteiger partial charge in [0, 0.05) is 6.20 Å². The minimum Gasteiger partial charge on any atom is -0.478 e. The molecule has 19 heavy (non-hydrogen) atoms. The molecule has 1 aromatic rings. The van der Waals surface area contributed by atoms with Gasteiger partial charge < -0.3 is 5.11 Å². The molecule has 0 spiro atoms. The number of hydrogen-bond donors (Lipinski definition) is 1. The van der Waals surface area contributed by atoms with Crippen molar-refractivity contribution in [1.82, 2.24) is 4.98 Å². The normalized spacial score (nSPS) is 16.6. The highest BCUT2D eigenvalue weighted by atomic mass is 32.2. The van der Waals surface area contributed by atoms with Gasteiger partial charge in [0.05, 0.1) is 22.8 Å². The van der Waals surface area contributed by atoms with Gasteiger partial charge in [-0.1, -0.05) is 12.8 Å². The van der Waals surface area contributed by atoms with Gasteiger partial charge in [-0.3, -0.25) is 4.98 Å². The highest BCUT2D eigenvalue weighted by molar-refractivity contribution is 7.90. The second kappa shape index (κ2) is 5.69. The van der Waals surface area contributed by atoms with Gasteiger partial charge in [0.25, 0.3) is 0 Å². The summed E-state index contributed by atoms with van der Waals surface area (Å²) in [6.07, 6.45) is 5.41. The van der Waals surface area contributed by atoms with E-state index >= 15 is 0 Å². The summed E-state index contributed by atoms with van der Waals surface area (Å²) in [6, 6.07) is 2.85. The molecule has 2 rings (SSSR count). The number of nitrogens with zero attached hydrogens (tertiary/aromatic N) is 1. The largest absolute Gasteiger partial charge is 0.478 e. The Labute approximate surface area is 112 Å². The van der Waals surface area contributed by atoms with Crippen molar-refractivity contribution in [1.29, 1.82) is 0 Å². The predicted octanol–water partition coefficient (Wildman–Crippen LogP) is 1.88. The molecular formula is C13H17NO4S. The lowest BCUT2D eigenvalue weighted by Gasteiger charge is -2.09. The number of carboxylic acid groups (broad SMARTS) is 1. The van der Waals surface area contributed by atoms with Crippen molar-refractivity contribution in [2.24, 2.45) is 5.92 Å². The molecular weight excluding hydrogens is 266 g/mol. The summed E-state index contributed by atoms with van der Waals surface area (Å²) in [6.45, 7) is 0. The quantitative estimate of drug-likeness (QED) is 0.892. The van der Waals surface area contributed by atoms with E-state index in [0.717, 1.165) is 25.7 Å². The molecule has 5 nitrogen and oxygen atoms in total. The topological polar surface area (TPSA) is 84.3 Å². The highest BCUT2D eigenvalue weighted by Gasteiger charge is 2.23. The number of rotatable bonds is 5. The van der Waals surface area contributed by atoms with Crippen LogP contribution < -0.4 is 0 Å². The van der Waals surface area contributed by atoms with Crippen LogP contribution in [0.4, 0.5) is 0 Å². The third-order valence-corrected chi connectivity index (χ3v) is 5.12. The third-order valence-electron chi connectivity index (χ3n) is 3.40. The molecule has 1 saturated carbocycles. The molecule has 104 valence electrons. The second-order valence-corrected chi connectivity index (χ2v) is 7.16. The first kappa shape index (κ1) is 14.0. The standard InChI is InChI=1S/C13H17NO4S/c15-13(16)11-5-6-12(14-7-11)9-19(17,18)8-10-3-1-2-4-10/h5-7,10H,1-4,8-9H2,(H,15,16). The van der Waals surface area contributed by atoms with Gasteiger partial charge in [-0.15, -0.1) is 0 Å². The number of carboxylic acids is 1. The van der Waals surface area contributed by atoms with Crippen molar-refractivity contribution in [2.45, 2.75) is 31.4 Å². The Morgan fingerprint density at radius 1 is 1.32 bits per heavy atom. The molecule has 0 radical (unpaired) electrons. The first-order valence-corrected chi connectivity index (χ1v) is 8.17. The molecule has 0 amide bonds. The fraction of sp³-hybridized carbons (Fsp3) is 0.538. The van der Waals surface area contributed by atoms with Crippen LogP contribution in [0.5, 0.6) is 0 Å². The number of aromatic carboxylic acids is 1. The monoisotopic (exact) mass is 283 g/mol. The fourth-order valence-electron chi connectivity index (χ4n) is 2.46. The van der Waals surface area contributed by atoms with Gasteiger partial charge in [-0.2, -0.15) is 0 Å². The summed E-state index contributed by atoms with van der Waals surface area (Å²) < 4.78 is 24.0. The van der Waals surface area contributed by atoms with E-state index in [-0.39, 0.29) is 23.0 Å². The summed E-state index contributed by atoms with van der Waals surface area (Å²) in [5, 5.41) is 8.74. The summed E-state index contributed by atoms with van der Waals surface area (Å²) >= 11 is 0. The second-order valence-electron chi connectivity index (χ2n) is 5.05. The maximum Gasteiger partial charge on any atom is 0.337 e. The van der Waals surface area contributed by atoms with Crippen LogP contribution >= 0.6 is 0 Å². The maximum atomic E-state index is 12.0. The molecule has 0 saturated heterocycles. The van der Waals surface area contributed by atoms with Crippen molar-refractivity contribution >= 4 is 15.8 Å². The van der Waals surface area contributed by atoms with Crippen LogP contribution in [0.3, 0.4) is 0 Å². The Morgan fingerprint density at radius 3 is 2.53 bits per heavy atom. The minimum absolute atomic E-state index is 0.0666. The van der Waals surface area contributed by atoms with Crippen LogP contribution in [0, 0.1) is 5.92 Å². The third kappa shape index (κ3) is 4.02. The Balaban J connectivity index is 2.00. The van der Waals surface area contributed by atoms with Crippen LogP contribution in [0.2, 0.25) is 0 Å². The number of carbonyl (C=O) groups is 1. The number of pyridine rings is 1. The van der Waals surface area contributed by atoms with E-state index in [9.17, 15) is 13.2 Å². The van der Waals surface area contributed by atoms with Gasteiger partial charge in [0.2, 0.25) is 0 Å². The Kier molecular flexibility index (Phi) is 4.19. The zero-order valence-corrected chi connectivity index (χ0v) is 11.4. The van der Waals surface area contributed by atoms with Crippen LogP contribution in [-0.2, 0) is 15.6 Å². The van der Waals surface area contributed by atoms with E-state index in [2.05, 4.69) is 4.98 Å². The summed E-state index contributed by atoms with van der Waals surface area (Å²) in [5.74, 6) is -0.671. The first-order chi connectivity index (χ1) is 8.96. The van der Waals surface area contributed by atoms with Crippen LogP contribution in [0.25, 0.3) is 0 Å². The SMILES string of the molecule is O=C(O)c1ccc(CS(=O)(=O)CC2CCCC2)nc1. The van der Waals surface area contributed by atoms with Gasteiger partial charge >= 0.3 is 5.97 Å². The van der Waals surface area contributed by atoms with Gasteiger partial charge in [-0.05, 0) is 30.9 Å². The lowest BCUT2D eigenvalue weighted by Crippen LogP contribution is -2.16. The average Bonchev–Trinajstić information content (AvgIpc) is 2.81. The van der Waals surface area contributed by atoms with Gasteiger partial charge in [0.1, 0.15) is 0 Å². The Hall–Kier alpha value is -1.43. The van der Waals surface area contributed by atoms with E-state index in [4.69, 9.17) is 5.11 Å². The number of sulfone groups is 1. The molecule has 0 unspecified atom stereocenters. The number of hydrogen-bond acceptors (Lipinski definition) is 4. The van der Waals surface area contributed by atoms with Crippen LogP contribution in [0.15, 0.2) is 18.3 Å². The zero-order chi connectivity index (χ0) is 13.9. The average molecular weight is 283 g/mol. The van der Waals surface area contributed by atoms with E-state index < -0.39 is 15.8 Å². The summed E-state index contributed by atoms with van der Waals surface area (Å²) in [5.41, 5.74) is 0.472. The van der Waals surface area contributed by atoms with Crippen molar-refractivity contribution in [3.05, 3.63) is 29.6 Å². The summed E-state index contributed by atoms with van der Waals surface area (Å²) in [7, 11) is -3.16. The molecule has 1 aromatic heterocycles. The van der Waals surface area contributed by atoms with E-state index in [1.54, 1.807) is 0 Å². The predicted molar refractivity (Wildman–Crippen MR) is 70.6 cm³/mol. The smallest absolute Gasteiger partial charge is 0.337 e. The molecule has 1 fully saturated rings. The zero-order valence-electron chi connectivity index (χ0n) is 10.6. The Bertz CT molecular complexity index is 545. The molecule has 1 aliphatic rings. The maximum absolute atomic E-state index is 12.0. The molecule has 1 aliphatic carbocycles. The molecule has 0 bridgehead atoms. The molecule has 6 heteroatoms. The molecule has 0 aliphatic heterocycles. The van der Waals surface area contributed by atoms with Crippen molar-refractivity contribution in [3.63, 3.8) is 0 Å². The van der Waals surface area contributed by atoms with Crippen molar-refractivity contribution < 1.29 is 18.3 Å². The molecule has 0 atom stereocenters. The first-order valence-electron chi connectivity index (χ1n) is 6.35. The van der Waals surface area contributed by atoms with Crippen molar-refractivity contribution in [2.75, 3.05) is 5.75 Å². The number of aromatic nitrogens is 1. The van der Waals surface area contributed by atoms with E-state index in [1.165, 1.54) is 18.3 Å². The van der Waals surface area contributed by atoms with E-state index in [0.29, 0.717) is 5.69 Å². The molecule has 1 heterocycles. The van der Waals surface area contributed by atoms with Gasteiger partial charge in [-0.25, -0.2) is 13.2 Å². The highest BCUT2D eigenvalue weighted by Crippen LogP contribution is 2.26. The van der Waals surface area contributed by atoms with E-state index in [1.807, 2.05) is 0 Å². The lowest BCUT2D eigenvalue weighted by atomic mass is 10.1. The lowest BCUT2D eigenvalue weighted by molar-refractivity contribution is 0.0696. The van der Waals surface area contributed by atoms with Crippen LogP contribution in [-0.4, -0.2) is 30.2 Å². The van der Waals surface area contributed by atoms with Crippen LogP contribution in [0.1, 0.15) is 41.7 Å². The van der Waals surface area contributed by atoms with Gasteiger partial charge in [0.15, 0.2) is 9.84 Å². The molecule has 0 aromatic carbocycles. The fourth-order valence-corrected chi connectivity index (χ4v) is 4.25. The molecule has 1 N–H and O–H groups in total. The minimum atomic E-state index is -3.16. The summed E-state index contributed by atoms with van der Waals surface area (Å²) in [4.78, 5) is 14.6.